The van der Waals surface area contributed by atoms with Gasteiger partial charge in [0, 0.05) is 19.6 Å². The fourth-order valence-electron chi connectivity index (χ4n) is 2.32. The minimum Gasteiger partial charge on any atom is -0.396 e. The molecule has 0 aliphatic carbocycles. The summed E-state index contributed by atoms with van der Waals surface area (Å²) in [6.07, 6.45) is 2.88. The first kappa shape index (κ1) is 13.1. The summed E-state index contributed by atoms with van der Waals surface area (Å²) in [7, 11) is 0. The molecule has 1 aromatic carbocycles. The molecule has 0 fully saturated rings. The molecule has 2 aromatic rings. The smallest absolute Gasteiger partial charge is 0.109 e. The first-order valence-corrected chi connectivity index (χ1v) is 6.74. The summed E-state index contributed by atoms with van der Waals surface area (Å²) in [6, 6.07) is 4.38. The summed E-state index contributed by atoms with van der Waals surface area (Å²) in [6.45, 7) is 7.52. The summed E-state index contributed by atoms with van der Waals surface area (Å²) in [5.74, 6) is 1.14. The maximum Gasteiger partial charge on any atom is 0.109 e. The van der Waals surface area contributed by atoms with Crippen LogP contribution in [-0.4, -0.2) is 21.3 Å². The van der Waals surface area contributed by atoms with Crippen molar-refractivity contribution in [1.82, 2.24) is 9.55 Å². The van der Waals surface area contributed by atoms with Crippen molar-refractivity contribution >= 4 is 11.0 Å². The second-order valence-electron chi connectivity index (χ2n) is 4.93. The number of aliphatic hydroxyl groups excluding tert-OH is 1. The Kier molecular flexibility index (Phi) is 4.02. The maximum atomic E-state index is 9.02. The van der Waals surface area contributed by atoms with Gasteiger partial charge in [-0.15, -0.1) is 0 Å². The molecule has 0 aliphatic rings. The Morgan fingerprint density at radius 2 is 1.94 bits per heavy atom. The first-order valence-electron chi connectivity index (χ1n) is 6.74. The lowest BCUT2D eigenvalue weighted by atomic mass is 10.1. The van der Waals surface area contributed by atoms with Crippen LogP contribution < -0.4 is 0 Å². The van der Waals surface area contributed by atoms with E-state index in [-0.39, 0.29) is 6.61 Å². The molecule has 2 rings (SSSR count). The van der Waals surface area contributed by atoms with Crippen LogP contribution in [-0.2, 0) is 13.0 Å². The molecule has 0 amide bonds. The highest BCUT2D eigenvalue weighted by molar-refractivity contribution is 5.78. The standard InChI is InChI=1S/C15H22N2O/c1-4-6-15-16-13-9-11(2)12(3)10-14(13)17(15)7-5-8-18/h9-10,18H,4-8H2,1-3H3. The molecule has 0 spiro atoms. The number of imidazole rings is 1. The summed E-state index contributed by atoms with van der Waals surface area (Å²) in [5, 5.41) is 9.02. The summed E-state index contributed by atoms with van der Waals surface area (Å²) >= 11 is 0. The number of rotatable bonds is 5. The van der Waals surface area contributed by atoms with Crippen LogP contribution in [0.5, 0.6) is 0 Å². The van der Waals surface area contributed by atoms with Crippen LogP contribution in [0.2, 0.25) is 0 Å². The lowest BCUT2D eigenvalue weighted by molar-refractivity contribution is 0.280. The van der Waals surface area contributed by atoms with Gasteiger partial charge >= 0.3 is 0 Å². The van der Waals surface area contributed by atoms with Crippen molar-refractivity contribution in [3.05, 3.63) is 29.1 Å². The van der Waals surface area contributed by atoms with E-state index in [1.807, 2.05) is 0 Å². The number of nitrogens with zero attached hydrogens (tertiary/aromatic N) is 2. The molecule has 3 heteroatoms. The fraction of sp³-hybridized carbons (Fsp3) is 0.533. The Bertz CT molecular complexity index is 543. The van der Waals surface area contributed by atoms with Gasteiger partial charge in [-0.3, -0.25) is 0 Å². The Morgan fingerprint density at radius 1 is 1.22 bits per heavy atom. The van der Waals surface area contributed by atoms with Gasteiger partial charge < -0.3 is 9.67 Å². The normalized spacial score (nSPS) is 11.3. The van der Waals surface area contributed by atoms with Gasteiger partial charge in [-0.1, -0.05) is 6.92 Å². The molecule has 1 aromatic heterocycles. The second kappa shape index (κ2) is 5.53. The number of hydrogen-bond acceptors (Lipinski definition) is 2. The lowest BCUT2D eigenvalue weighted by Gasteiger charge is -2.08. The number of aromatic nitrogens is 2. The largest absolute Gasteiger partial charge is 0.396 e. The number of fused-ring (bicyclic) bond motifs is 1. The number of aryl methyl sites for hydroxylation is 4. The molecule has 0 radical (unpaired) electrons. The van der Waals surface area contributed by atoms with Crippen LogP contribution in [0.3, 0.4) is 0 Å². The fourth-order valence-corrected chi connectivity index (χ4v) is 2.32. The molecule has 18 heavy (non-hydrogen) atoms. The minimum atomic E-state index is 0.232. The Morgan fingerprint density at radius 3 is 2.61 bits per heavy atom. The highest BCUT2D eigenvalue weighted by Gasteiger charge is 2.10. The molecule has 1 heterocycles. The Labute approximate surface area is 108 Å². The van der Waals surface area contributed by atoms with Crippen molar-refractivity contribution in [2.75, 3.05) is 6.61 Å². The molecule has 3 nitrogen and oxygen atoms in total. The highest BCUT2D eigenvalue weighted by Crippen LogP contribution is 2.22. The van der Waals surface area contributed by atoms with Crippen molar-refractivity contribution < 1.29 is 5.11 Å². The van der Waals surface area contributed by atoms with Crippen LogP contribution in [0.15, 0.2) is 12.1 Å². The van der Waals surface area contributed by atoms with Crippen LogP contribution >= 0.6 is 0 Å². The van der Waals surface area contributed by atoms with E-state index in [0.29, 0.717) is 0 Å². The molecule has 1 N–H and O–H groups in total. The Hall–Kier alpha value is -1.35. The molecule has 0 aliphatic heterocycles. The number of benzene rings is 1. The topological polar surface area (TPSA) is 38.0 Å². The number of hydrogen-bond donors (Lipinski definition) is 1. The van der Waals surface area contributed by atoms with Gasteiger partial charge in [0.1, 0.15) is 5.82 Å². The van der Waals surface area contributed by atoms with Gasteiger partial charge in [-0.2, -0.15) is 0 Å². The van der Waals surface area contributed by atoms with E-state index in [4.69, 9.17) is 10.1 Å². The van der Waals surface area contributed by atoms with Crippen molar-refractivity contribution in [3.63, 3.8) is 0 Å². The predicted octanol–water partition coefficient (Wildman–Crippen LogP) is 2.99. The molecule has 0 unspecified atom stereocenters. The summed E-state index contributed by atoms with van der Waals surface area (Å²) < 4.78 is 2.27. The summed E-state index contributed by atoms with van der Waals surface area (Å²) in [4.78, 5) is 4.74. The van der Waals surface area contributed by atoms with Crippen molar-refractivity contribution in [3.8, 4) is 0 Å². The molecule has 0 saturated carbocycles. The van der Waals surface area contributed by atoms with E-state index in [9.17, 15) is 0 Å². The zero-order valence-electron chi connectivity index (χ0n) is 11.5. The van der Waals surface area contributed by atoms with Crippen molar-refractivity contribution in [2.24, 2.45) is 0 Å². The maximum absolute atomic E-state index is 9.02. The highest BCUT2D eigenvalue weighted by atomic mass is 16.3. The van der Waals surface area contributed by atoms with Gasteiger partial charge in [0.15, 0.2) is 0 Å². The lowest BCUT2D eigenvalue weighted by Crippen LogP contribution is -2.05. The van der Waals surface area contributed by atoms with Gasteiger partial charge in [0.05, 0.1) is 11.0 Å². The quantitative estimate of drug-likeness (QED) is 0.880. The van der Waals surface area contributed by atoms with E-state index < -0.39 is 0 Å². The van der Waals surface area contributed by atoms with Gasteiger partial charge in [-0.25, -0.2) is 4.98 Å². The number of aliphatic hydroxyl groups is 1. The van der Waals surface area contributed by atoms with E-state index in [1.165, 1.54) is 16.6 Å². The molecule has 98 valence electrons. The van der Waals surface area contributed by atoms with Crippen LogP contribution in [0.25, 0.3) is 11.0 Å². The average molecular weight is 246 g/mol. The summed E-state index contributed by atoms with van der Waals surface area (Å²) in [5.41, 5.74) is 4.88. The van der Waals surface area contributed by atoms with E-state index in [2.05, 4.69) is 37.5 Å². The second-order valence-corrected chi connectivity index (χ2v) is 4.93. The van der Waals surface area contributed by atoms with E-state index >= 15 is 0 Å². The zero-order chi connectivity index (χ0) is 13.1. The minimum absolute atomic E-state index is 0.232. The van der Waals surface area contributed by atoms with Gasteiger partial charge in [-0.05, 0) is 49.9 Å². The van der Waals surface area contributed by atoms with E-state index in [0.717, 1.165) is 37.1 Å². The monoisotopic (exact) mass is 246 g/mol. The average Bonchev–Trinajstić information content (AvgIpc) is 2.65. The SMILES string of the molecule is CCCc1nc2cc(C)c(C)cc2n1CCCO. The van der Waals surface area contributed by atoms with Gasteiger partial charge in [0.2, 0.25) is 0 Å². The van der Waals surface area contributed by atoms with Crippen molar-refractivity contribution in [1.29, 1.82) is 0 Å². The third-order valence-corrected chi connectivity index (χ3v) is 3.46. The predicted molar refractivity (Wildman–Crippen MR) is 74.9 cm³/mol. The first-order chi connectivity index (χ1) is 8.67. The third kappa shape index (κ3) is 2.41. The van der Waals surface area contributed by atoms with Crippen LogP contribution in [0.1, 0.15) is 36.7 Å². The van der Waals surface area contributed by atoms with Crippen LogP contribution in [0, 0.1) is 13.8 Å². The molecular formula is C15H22N2O. The van der Waals surface area contributed by atoms with Gasteiger partial charge in [0.25, 0.3) is 0 Å². The molecule has 0 atom stereocenters. The third-order valence-electron chi connectivity index (χ3n) is 3.46. The molecule has 0 bridgehead atoms. The zero-order valence-corrected chi connectivity index (χ0v) is 11.5. The van der Waals surface area contributed by atoms with Crippen LogP contribution in [0.4, 0.5) is 0 Å². The van der Waals surface area contributed by atoms with Crippen molar-refractivity contribution in [2.45, 2.75) is 46.6 Å². The Balaban J connectivity index is 2.53. The molecule has 0 saturated heterocycles. The van der Waals surface area contributed by atoms with E-state index in [1.54, 1.807) is 0 Å². The molecular weight excluding hydrogens is 224 g/mol.